The Labute approximate surface area is 166 Å². The van der Waals surface area contributed by atoms with Gasteiger partial charge in [0.2, 0.25) is 5.91 Å². The number of hydrogen-bond acceptors (Lipinski definition) is 6. The van der Waals surface area contributed by atoms with Crippen LogP contribution in [0.2, 0.25) is 0 Å². The van der Waals surface area contributed by atoms with Gasteiger partial charge in [-0.3, -0.25) is 9.59 Å². The molecule has 0 unspecified atom stereocenters. The third-order valence-corrected chi connectivity index (χ3v) is 4.03. The Hall–Kier alpha value is -3.81. The van der Waals surface area contributed by atoms with Crippen molar-refractivity contribution in [1.82, 2.24) is 9.97 Å². The van der Waals surface area contributed by atoms with Crippen LogP contribution in [0.5, 0.6) is 11.5 Å². The molecule has 1 heterocycles. The number of ketones is 1. The lowest BCUT2D eigenvalue weighted by Gasteiger charge is -2.13. The second kappa shape index (κ2) is 8.47. The van der Waals surface area contributed by atoms with Gasteiger partial charge in [-0.25, -0.2) is 14.4 Å². The monoisotopic (exact) mass is 394 g/mol. The van der Waals surface area contributed by atoms with E-state index in [1.54, 1.807) is 37.3 Å². The van der Waals surface area contributed by atoms with E-state index in [4.69, 9.17) is 10.5 Å². The van der Waals surface area contributed by atoms with Gasteiger partial charge in [0.25, 0.3) is 0 Å². The fourth-order valence-corrected chi connectivity index (χ4v) is 2.45. The van der Waals surface area contributed by atoms with Gasteiger partial charge in [-0.1, -0.05) is 0 Å². The van der Waals surface area contributed by atoms with Crippen LogP contribution in [0, 0.1) is 5.82 Å². The molecular weight excluding hydrogens is 375 g/mol. The number of halogens is 1. The SMILES string of the molecule is CC(=O)c1nc(N[C@@H](C)C(N)=O)cc(-c2ccc(Oc3ccc(F)cc3)cc2)n1. The van der Waals surface area contributed by atoms with Gasteiger partial charge >= 0.3 is 0 Å². The molecule has 3 rings (SSSR count). The highest BCUT2D eigenvalue weighted by Gasteiger charge is 2.14. The number of rotatable bonds is 7. The third kappa shape index (κ3) is 5.13. The molecule has 0 saturated carbocycles. The maximum Gasteiger partial charge on any atom is 0.239 e. The number of ether oxygens (including phenoxy) is 1. The van der Waals surface area contributed by atoms with E-state index < -0.39 is 11.9 Å². The number of nitrogens with zero attached hydrogens (tertiary/aromatic N) is 2. The van der Waals surface area contributed by atoms with Gasteiger partial charge in [0.1, 0.15) is 29.2 Å². The van der Waals surface area contributed by atoms with Crippen molar-refractivity contribution in [2.45, 2.75) is 19.9 Å². The minimum Gasteiger partial charge on any atom is -0.457 e. The number of anilines is 1. The molecule has 0 spiro atoms. The van der Waals surface area contributed by atoms with Crippen molar-refractivity contribution in [1.29, 1.82) is 0 Å². The van der Waals surface area contributed by atoms with Gasteiger partial charge in [0, 0.05) is 18.6 Å². The first-order chi connectivity index (χ1) is 13.8. The van der Waals surface area contributed by atoms with Crippen LogP contribution in [0.4, 0.5) is 10.2 Å². The molecule has 7 nitrogen and oxygen atoms in total. The van der Waals surface area contributed by atoms with Crippen LogP contribution in [0.1, 0.15) is 24.5 Å². The van der Waals surface area contributed by atoms with E-state index in [1.807, 2.05) is 0 Å². The van der Waals surface area contributed by atoms with Crippen molar-refractivity contribution in [3.05, 3.63) is 66.2 Å². The van der Waals surface area contributed by atoms with Crippen LogP contribution in [0.25, 0.3) is 11.3 Å². The Morgan fingerprint density at radius 3 is 2.17 bits per heavy atom. The number of primary amides is 1. The average Bonchev–Trinajstić information content (AvgIpc) is 2.70. The van der Waals surface area contributed by atoms with Crippen LogP contribution < -0.4 is 15.8 Å². The first-order valence-electron chi connectivity index (χ1n) is 8.81. The molecule has 0 saturated heterocycles. The summed E-state index contributed by atoms with van der Waals surface area (Å²) >= 11 is 0. The predicted molar refractivity (Wildman–Crippen MR) is 106 cm³/mol. The summed E-state index contributed by atoms with van der Waals surface area (Å²) in [6.45, 7) is 2.96. The fourth-order valence-electron chi connectivity index (χ4n) is 2.45. The quantitative estimate of drug-likeness (QED) is 0.593. The molecule has 1 amide bonds. The Morgan fingerprint density at radius 2 is 1.62 bits per heavy atom. The summed E-state index contributed by atoms with van der Waals surface area (Å²) in [5.41, 5.74) is 6.49. The molecule has 0 radical (unpaired) electrons. The van der Waals surface area contributed by atoms with E-state index in [-0.39, 0.29) is 17.4 Å². The molecule has 0 bridgehead atoms. The molecule has 0 aliphatic rings. The highest BCUT2D eigenvalue weighted by atomic mass is 19.1. The van der Waals surface area contributed by atoms with Crippen molar-refractivity contribution >= 4 is 17.5 Å². The molecule has 3 aromatic rings. The molecule has 29 heavy (non-hydrogen) atoms. The van der Waals surface area contributed by atoms with Gasteiger partial charge < -0.3 is 15.8 Å². The van der Waals surface area contributed by atoms with Gasteiger partial charge in [-0.15, -0.1) is 0 Å². The summed E-state index contributed by atoms with van der Waals surface area (Å²) in [6.07, 6.45) is 0. The van der Waals surface area contributed by atoms with E-state index in [0.717, 1.165) is 5.56 Å². The van der Waals surface area contributed by atoms with Crippen LogP contribution >= 0.6 is 0 Å². The zero-order valence-electron chi connectivity index (χ0n) is 15.8. The molecule has 148 valence electrons. The predicted octanol–water partition coefficient (Wildman–Crippen LogP) is 3.56. The molecule has 0 aliphatic carbocycles. The van der Waals surface area contributed by atoms with Crippen LogP contribution in [-0.4, -0.2) is 27.7 Å². The standard InChI is InChI=1S/C21H19FN4O3/c1-12(20(23)28)24-19-11-18(25-21(26-19)13(2)27)14-3-7-16(8-4-14)29-17-9-5-15(22)6-10-17/h3-12H,1-2H3,(H2,23,28)(H,24,25,26)/t12-/m0/s1. The number of carbonyl (C=O) groups is 2. The van der Waals surface area contributed by atoms with E-state index in [0.29, 0.717) is 23.0 Å². The highest BCUT2D eigenvalue weighted by Crippen LogP contribution is 2.26. The number of Topliss-reactive ketones (excluding diaryl/α,β-unsaturated/α-hetero) is 1. The topological polar surface area (TPSA) is 107 Å². The molecule has 0 aliphatic heterocycles. The first-order valence-corrected chi connectivity index (χ1v) is 8.81. The van der Waals surface area contributed by atoms with Gasteiger partial charge in [-0.05, 0) is 55.5 Å². The zero-order chi connectivity index (χ0) is 21.0. The summed E-state index contributed by atoms with van der Waals surface area (Å²) in [5.74, 6) is 0.211. The maximum absolute atomic E-state index is 13.0. The Kier molecular flexibility index (Phi) is 5.82. The minimum atomic E-state index is -0.663. The maximum atomic E-state index is 13.0. The highest BCUT2D eigenvalue weighted by molar-refractivity contribution is 5.91. The van der Waals surface area contributed by atoms with E-state index >= 15 is 0 Å². The number of nitrogens with one attached hydrogen (secondary N) is 1. The lowest BCUT2D eigenvalue weighted by Crippen LogP contribution is -2.33. The van der Waals surface area contributed by atoms with E-state index in [1.165, 1.54) is 31.2 Å². The summed E-state index contributed by atoms with van der Waals surface area (Å²) in [7, 11) is 0. The molecule has 8 heteroatoms. The average molecular weight is 394 g/mol. The van der Waals surface area contributed by atoms with E-state index in [2.05, 4.69) is 15.3 Å². The Bertz CT molecular complexity index is 1040. The van der Waals surface area contributed by atoms with Gasteiger partial charge in [0.15, 0.2) is 11.6 Å². The second-order valence-electron chi connectivity index (χ2n) is 6.37. The number of amides is 1. The van der Waals surface area contributed by atoms with Gasteiger partial charge in [0.05, 0.1) is 5.69 Å². The molecule has 1 atom stereocenters. The summed E-state index contributed by atoms with van der Waals surface area (Å²) < 4.78 is 18.7. The summed E-state index contributed by atoms with van der Waals surface area (Å²) in [6, 6.07) is 13.7. The molecule has 1 aromatic heterocycles. The van der Waals surface area contributed by atoms with Gasteiger partial charge in [-0.2, -0.15) is 0 Å². The normalized spacial score (nSPS) is 11.6. The lowest BCUT2D eigenvalue weighted by atomic mass is 10.1. The Balaban J connectivity index is 1.86. The van der Waals surface area contributed by atoms with Crippen molar-refractivity contribution in [2.75, 3.05) is 5.32 Å². The van der Waals surface area contributed by atoms with Crippen LogP contribution in [0.3, 0.4) is 0 Å². The summed E-state index contributed by atoms with van der Waals surface area (Å²) in [5, 5.41) is 2.86. The molecule has 3 N–H and O–H groups in total. The second-order valence-corrected chi connectivity index (χ2v) is 6.37. The van der Waals surface area contributed by atoms with Crippen molar-refractivity contribution < 1.29 is 18.7 Å². The first kappa shape index (κ1) is 19.9. The smallest absolute Gasteiger partial charge is 0.239 e. The molecular formula is C21H19FN4O3. The number of nitrogens with two attached hydrogens (primary N) is 1. The number of hydrogen-bond donors (Lipinski definition) is 2. The number of carbonyl (C=O) groups excluding carboxylic acids is 2. The Morgan fingerprint density at radius 1 is 1.03 bits per heavy atom. The zero-order valence-corrected chi connectivity index (χ0v) is 15.8. The fraction of sp³-hybridized carbons (Fsp3) is 0.143. The molecule has 2 aromatic carbocycles. The van der Waals surface area contributed by atoms with Crippen LogP contribution in [0.15, 0.2) is 54.6 Å². The number of aromatic nitrogens is 2. The van der Waals surface area contributed by atoms with Crippen molar-refractivity contribution in [2.24, 2.45) is 5.73 Å². The lowest BCUT2D eigenvalue weighted by molar-refractivity contribution is -0.118. The summed E-state index contributed by atoms with van der Waals surface area (Å²) in [4.78, 5) is 31.5. The molecule has 0 fully saturated rings. The van der Waals surface area contributed by atoms with Crippen LogP contribution in [-0.2, 0) is 4.79 Å². The van der Waals surface area contributed by atoms with Crippen molar-refractivity contribution in [3.63, 3.8) is 0 Å². The van der Waals surface area contributed by atoms with E-state index in [9.17, 15) is 14.0 Å². The van der Waals surface area contributed by atoms with Crippen molar-refractivity contribution in [3.8, 4) is 22.8 Å². The minimum absolute atomic E-state index is 0.0216. The number of benzene rings is 2. The largest absolute Gasteiger partial charge is 0.457 e. The third-order valence-electron chi connectivity index (χ3n) is 4.03.